The van der Waals surface area contributed by atoms with Crippen molar-refractivity contribution >= 4 is 5.97 Å². The number of esters is 1. The van der Waals surface area contributed by atoms with Gasteiger partial charge >= 0.3 is 5.97 Å². The number of allylic oxidation sites excluding steroid dienone is 2. The van der Waals surface area contributed by atoms with E-state index in [1.165, 1.54) is 0 Å². The van der Waals surface area contributed by atoms with Crippen LogP contribution in [0.2, 0.25) is 0 Å². The average Bonchev–Trinajstić information content (AvgIpc) is 3.59. The van der Waals surface area contributed by atoms with Crippen molar-refractivity contribution in [3.8, 4) is 0 Å². The highest BCUT2D eigenvalue weighted by Gasteiger charge is 2.60. The molecule has 0 aromatic heterocycles. The number of methoxy groups -OCH3 is 2. The molecular weight excluding hydrogens is 813 g/mol. The maximum Gasteiger partial charge on any atom is 0.316 e. The summed E-state index contributed by atoms with van der Waals surface area (Å²) in [5.41, 5.74) is -0.750. The number of fused-ring (bicyclic) bond motifs is 2. The molecule has 1 aliphatic carbocycles. The van der Waals surface area contributed by atoms with Gasteiger partial charge in [-0.3, -0.25) is 4.79 Å². The van der Waals surface area contributed by atoms with Gasteiger partial charge in [0.25, 0.3) is 0 Å². The molecule has 7 aliphatic rings. The second kappa shape index (κ2) is 19.7. The Kier molecular flexibility index (Phi) is 15.2. The molecule has 14 heteroatoms. The summed E-state index contributed by atoms with van der Waals surface area (Å²) in [5.74, 6) is -2.18. The van der Waals surface area contributed by atoms with Crippen LogP contribution in [0, 0.1) is 23.7 Å². The van der Waals surface area contributed by atoms with Crippen LogP contribution in [0.3, 0.4) is 0 Å². The van der Waals surface area contributed by atoms with E-state index in [0.717, 1.165) is 18.4 Å². The number of aliphatic hydroxyl groups is 3. The van der Waals surface area contributed by atoms with Gasteiger partial charge in [-0.1, -0.05) is 64.5 Å². The van der Waals surface area contributed by atoms with Gasteiger partial charge < -0.3 is 62.7 Å². The van der Waals surface area contributed by atoms with E-state index in [1.807, 2.05) is 19.1 Å². The smallest absolute Gasteiger partial charge is 0.316 e. The Morgan fingerprint density at radius 3 is 2.38 bits per heavy atom. The molecule has 2 unspecified atom stereocenters. The average molecular weight is 889 g/mol. The Morgan fingerprint density at radius 1 is 0.952 bits per heavy atom. The Bertz CT molecular complexity index is 1730. The zero-order valence-electron chi connectivity index (χ0n) is 39.4. The van der Waals surface area contributed by atoms with Crippen LogP contribution in [0.25, 0.3) is 0 Å². The monoisotopic (exact) mass is 889 g/mol. The van der Waals surface area contributed by atoms with Gasteiger partial charge in [-0.2, -0.15) is 0 Å². The molecule has 0 radical (unpaired) electrons. The maximum absolute atomic E-state index is 14.4. The number of hydrogen-bond donors (Lipinski definition) is 3. The lowest BCUT2D eigenvalue weighted by Crippen LogP contribution is -2.58. The van der Waals surface area contributed by atoms with Crippen molar-refractivity contribution < 1.29 is 67.5 Å². The molecule has 20 atom stereocenters. The van der Waals surface area contributed by atoms with Crippen LogP contribution in [-0.4, -0.2) is 139 Å². The van der Waals surface area contributed by atoms with Gasteiger partial charge in [0.2, 0.25) is 0 Å². The fraction of sp³-hybridized carbons (Fsp3) is 0.816. The molecule has 5 fully saturated rings. The third kappa shape index (κ3) is 9.72. The van der Waals surface area contributed by atoms with Crippen LogP contribution >= 0.6 is 0 Å². The van der Waals surface area contributed by atoms with Crippen LogP contribution in [-0.2, 0) is 52.2 Å². The largest absolute Gasteiger partial charge is 0.462 e. The normalized spacial score (nSPS) is 50.0. The third-order valence-corrected chi connectivity index (χ3v) is 15.7. The van der Waals surface area contributed by atoms with Crippen LogP contribution in [0.15, 0.2) is 47.1 Å². The summed E-state index contributed by atoms with van der Waals surface area (Å²) in [7, 11) is 3.23. The molecule has 7 rings (SSSR count). The van der Waals surface area contributed by atoms with E-state index in [4.69, 9.17) is 47.4 Å². The van der Waals surface area contributed by atoms with E-state index in [2.05, 4.69) is 47.6 Å². The van der Waals surface area contributed by atoms with Crippen LogP contribution in [0.4, 0.5) is 0 Å². The Morgan fingerprint density at radius 2 is 1.67 bits per heavy atom. The first-order chi connectivity index (χ1) is 29.9. The Balaban J connectivity index is 1.20. The number of aliphatic hydroxyl groups excluding tert-OH is 2. The fourth-order valence-electron chi connectivity index (χ4n) is 11.1. The van der Waals surface area contributed by atoms with Gasteiger partial charge in [0, 0.05) is 52.2 Å². The van der Waals surface area contributed by atoms with Crippen molar-refractivity contribution in [2.45, 2.75) is 210 Å². The number of carbonyl (C=O) groups is 1. The highest BCUT2D eigenvalue weighted by Crippen LogP contribution is 2.48. The Labute approximate surface area is 374 Å². The quantitative estimate of drug-likeness (QED) is 0.192. The minimum atomic E-state index is -1.83. The lowest BCUT2D eigenvalue weighted by Gasteiger charge is -2.51. The topological polar surface area (TPSA) is 170 Å². The van der Waals surface area contributed by atoms with Crippen LogP contribution in [0.5, 0.6) is 0 Å². The van der Waals surface area contributed by atoms with Gasteiger partial charge in [-0.15, -0.1) is 0 Å². The molecular formula is C49H76O14. The maximum atomic E-state index is 14.4. The molecule has 2 bridgehead atoms. The van der Waals surface area contributed by atoms with Gasteiger partial charge in [-0.05, 0) is 76.0 Å². The van der Waals surface area contributed by atoms with Gasteiger partial charge in [0.1, 0.15) is 42.0 Å². The van der Waals surface area contributed by atoms with E-state index >= 15 is 0 Å². The molecule has 0 saturated carbocycles. The number of hydrogen-bond acceptors (Lipinski definition) is 14. The first-order valence-corrected chi connectivity index (χ1v) is 23.6. The SMILES string of the molecule is CCC(C)[C@H]1O[C@]2(CC[C@@H]1C)C[C@@H]1CC(C/C=C(\C)[C@@](C)(O[C@H]3C[C@H](OC)[C@@H](O[C@H]4C[C@@H](OC)[C@H](O)[C@@H](C)O4)[C@H](C)O3)[C@@H](C)/C=C/C=C3\CO[C@@H]4[C@H](O)C(C)=C[C@@H](C(=O)O1)[C@]34O)O2. The van der Waals surface area contributed by atoms with E-state index in [1.54, 1.807) is 40.2 Å². The lowest BCUT2D eigenvalue weighted by atomic mass is 9.71. The minimum absolute atomic E-state index is 0.0127. The molecule has 1 spiro atoms. The molecule has 5 saturated heterocycles. The number of rotatable bonds is 8. The van der Waals surface area contributed by atoms with Gasteiger partial charge in [-0.25, -0.2) is 0 Å². The second-order valence-corrected chi connectivity index (χ2v) is 19.9. The predicted molar refractivity (Wildman–Crippen MR) is 232 cm³/mol. The highest BCUT2D eigenvalue weighted by molar-refractivity contribution is 5.78. The zero-order chi connectivity index (χ0) is 45.6. The van der Waals surface area contributed by atoms with Crippen molar-refractivity contribution in [1.82, 2.24) is 0 Å². The summed E-state index contributed by atoms with van der Waals surface area (Å²) in [6.07, 6.45) is 6.80. The standard InChI is InChI=1S/C49H76O14/c1-12-26(2)43-27(3)18-19-48(63-43)24-35-21-34(61-48)17-16-30(6)47(9,29(5)14-13-15-33-25-56-45-41(50)28(4)20-36(46(52)59-35)49(33,45)53)62-40-23-38(55-11)44(32(8)58-40)60-39-22-37(54-10)42(51)31(7)57-39/h13-16,20,26-27,29,31-32,34-45,50-51,53H,12,17-19,21-25H2,1-11H3/b14-13+,30-16+,33-15+/t26?,27-,29-,31+,32-,34?,35-,36-,37+,38-,39-,40-,41+,42+,43+,44-,45+,47-,48+,49+/m0/s1. The van der Waals surface area contributed by atoms with Crippen molar-refractivity contribution in [1.29, 1.82) is 0 Å². The number of ether oxygens (including phenoxy) is 10. The summed E-state index contributed by atoms with van der Waals surface area (Å²) >= 11 is 0. The summed E-state index contributed by atoms with van der Waals surface area (Å²) in [6, 6.07) is 0. The molecule has 0 amide bonds. The van der Waals surface area contributed by atoms with Crippen molar-refractivity contribution in [2.24, 2.45) is 23.7 Å². The molecule has 356 valence electrons. The van der Waals surface area contributed by atoms with Crippen molar-refractivity contribution in [3.05, 3.63) is 47.1 Å². The van der Waals surface area contributed by atoms with Crippen molar-refractivity contribution in [3.63, 3.8) is 0 Å². The highest BCUT2D eigenvalue weighted by atomic mass is 16.7. The summed E-state index contributed by atoms with van der Waals surface area (Å²) in [4.78, 5) is 14.4. The van der Waals surface area contributed by atoms with Crippen molar-refractivity contribution in [2.75, 3.05) is 20.8 Å². The molecule has 6 aliphatic heterocycles. The molecule has 0 aromatic carbocycles. The Hall–Kier alpha value is -2.05. The first kappa shape index (κ1) is 48.9. The first-order valence-electron chi connectivity index (χ1n) is 23.6. The lowest BCUT2D eigenvalue weighted by molar-refractivity contribution is -0.340. The third-order valence-electron chi connectivity index (χ3n) is 15.7. The summed E-state index contributed by atoms with van der Waals surface area (Å²) < 4.78 is 64.4. The fourth-order valence-corrected chi connectivity index (χ4v) is 11.1. The molecule has 0 aromatic rings. The van der Waals surface area contributed by atoms with E-state index in [0.29, 0.717) is 61.5 Å². The van der Waals surface area contributed by atoms with Gasteiger partial charge in [0.05, 0.1) is 48.8 Å². The summed E-state index contributed by atoms with van der Waals surface area (Å²) in [5, 5.41) is 34.4. The van der Waals surface area contributed by atoms with Crippen LogP contribution < -0.4 is 0 Å². The second-order valence-electron chi connectivity index (χ2n) is 19.9. The van der Waals surface area contributed by atoms with Gasteiger partial charge in [0.15, 0.2) is 18.4 Å². The summed E-state index contributed by atoms with van der Waals surface area (Å²) in [6.45, 7) is 18.4. The molecule has 6 heterocycles. The molecule has 63 heavy (non-hydrogen) atoms. The molecule has 14 nitrogen and oxygen atoms in total. The van der Waals surface area contributed by atoms with E-state index in [9.17, 15) is 20.1 Å². The zero-order valence-corrected chi connectivity index (χ0v) is 39.4. The van der Waals surface area contributed by atoms with E-state index in [-0.39, 0.29) is 24.7 Å². The minimum Gasteiger partial charge on any atom is -0.462 e. The van der Waals surface area contributed by atoms with Crippen LogP contribution in [0.1, 0.15) is 114 Å². The van der Waals surface area contributed by atoms with E-state index < -0.39 is 96.4 Å². The molecule has 3 N–H and O–H groups in total. The number of carbonyl (C=O) groups excluding carboxylic acids is 1. The predicted octanol–water partition coefficient (Wildman–Crippen LogP) is 5.99.